The number of nitrogens with zero attached hydrogens (tertiary/aromatic N) is 4. The molecule has 7 nitrogen and oxygen atoms in total. The first-order valence-electron chi connectivity index (χ1n) is 9.76. The van der Waals surface area contributed by atoms with Crippen molar-refractivity contribution < 1.29 is 9.59 Å². The summed E-state index contributed by atoms with van der Waals surface area (Å²) in [5.74, 6) is 0.573. The van der Waals surface area contributed by atoms with E-state index in [2.05, 4.69) is 9.27 Å². The van der Waals surface area contributed by atoms with Crippen LogP contribution < -0.4 is 10.6 Å². The van der Waals surface area contributed by atoms with Gasteiger partial charge in [0.2, 0.25) is 6.41 Å². The first-order chi connectivity index (χ1) is 13.5. The van der Waals surface area contributed by atoms with E-state index in [1.165, 1.54) is 50.4 Å². The number of carbonyl (C=O) groups excluding carboxylic acids is 2. The molecule has 2 aromatic rings. The van der Waals surface area contributed by atoms with Gasteiger partial charge in [-0.3, -0.25) is 9.59 Å². The van der Waals surface area contributed by atoms with Crippen LogP contribution >= 0.6 is 11.5 Å². The van der Waals surface area contributed by atoms with Crippen LogP contribution in [0.2, 0.25) is 0 Å². The van der Waals surface area contributed by atoms with Gasteiger partial charge >= 0.3 is 0 Å². The second-order valence-electron chi connectivity index (χ2n) is 7.75. The minimum absolute atomic E-state index is 0.280. The van der Waals surface area contributed by atoms with E-state index in [1.807, 2.05) is 25.1 Å². The topological polar surface area (TPSA) is 82.8 Å². The fourth-order valence-corrected chi connectivity index (χ4v) is 4.51. The molecule has 4 heterocycles. The second kappa shape index (κ2) is 9.45. The number of aromatic nitrogens is 1. The number of hydrogen-bond donors (Lipinski definition) is 1. The minimum atomic E-state index is -0.538. The van der Waals surface area contributed by atoms with Crippen molar-refractivity contribution in [3.63, 3.8) is 0 Å². The highest BCUT2D eigenvalue weighted by atomic mass is 32.1. The lowest BCUT2D eigenvalue weighted by Crippen LogP contribution is -2.41. The average Bonchev–Trinajstić information content (AvgIpc) is 3.14. The maximum atomic E-state index is 11.2. The summed E-state index contributed by atoms with van der Waals surface area (Å²) in [4.78, 5) is 28.6. The van der Waals surface area contributed by atoms with Crippen molar-refractivity contribution >= 4 is 39.6 Å². The Balaban J connectivity index is 0.000000231. The number of anilines is 1. The Bertz CT molecular complexity index is 791. The number of piperidine rings is 3. The molecule has 152 valence electrons. The van der Waals surface area contributed by atoms with Crippen LogP contribution in [0.5, 0.6) is 0 Å². The lowest BCUT2D eigenvalue weighted by Gasteiger charge is -2.38. The Morgan fingerprint density at radius 3 is 2.39 bits per heavy atom. The quantitative estimate of drug-likeness (QED) is 0.746. The van der Waals surface area contributed by atoms with Crippen molar-refractivity contribution in [1.82, 2.24) is 14.2 Å². The Labute approximate surface area is 170 Å². The van der Waals surface area contributed by atoms with Crippen molar-refractivity contribution in [1.29, 1.82) is 0 Å². The van der Waals surface area contributed by atoms with Gasteiger partial charge in [0.1, 0.15) is 5.69 Å². The van der Waals surface area contributed by atoms with Crippen molar-refractivity contribution in [2.45, 2.75) is 19.3 Å². The van der Waals surface area contributed by atoms with Gasteiger partial charge in [0.15, 0.2) is 0 Å². The number of carbonyl (C=O) groups is 2. The smallest absolute Gasteiger partial charge is 0.269 e. The zero-order valence-electron chi connectivity index (χ0n) is 16.6. The van der Waals surface area contributed by atoms with E-state index in [1.54, 1.807) is 17.0 Å². The fourth-order valence-electron chi connectivity index (χ4n) is 3.70. The van der Waals surface area contributed by atoms with Crippen LogP contribution in [-0.2, 0) is 4.79 Å². The van der Waals surface area contributed by atoms with E-state index in [4.69, 9.17) is 5.73 Å². The molecule has 2 bridgehead atoms. The summed E-state index contributed by atoms with van der Waals surface area (Å²) in [5, 5.41) is 0.727. The van der Waals surface area contributed by atoms with Crippen molar-refractivity contribution in [2.75, 3.05) is 51.7 Å². The van der Waals surface area contributed by atoms with Gasteiger partial charge in [0.05, 0.1) is 4.70 Å². The third-order valence-corrected chi connectivity index (χ3v) is 6.31. The molecule has 5 rings (SSSR count). The normalized spacial score (nSPS) is 20.7. The van der Waals surface area contributed by atoms with Crippen LogP contribution in [0, 0.1) is 5.92 Å². The van der Waals surface area contributed by atoms with Gasteiger partial charge in [-0.1, -0.05) is 0 Å². The van der Waals surface area contributed by atoms with E-state index < -0.39 is 5.91 Å². The maximum Gasteiger partial charge on any atom is 0.269 e. The summed E-state index contributed by atoms with van der Waals surface area (Å²) in [6.07, 6.45) is 5.26. The van der Waals surface area contributed by atoms with Gasteiger partial charge in [0.25, 0.3) is 5.91 Å². The van der Waals surface area contributed by atoms with Crippen LogP contribution in [-0.4, -0.2) is 73.3 Å². The van der Waals surface area contributed by atoms with E-state index in [-0.39, 0.29) is 5.69 Å². The highest BCUT2D eigenvalue weighted by Gasteiger charge is 2.24. The van der Waals surface area contributed by atoms with Crippen molar-refractivity contribution in [2.24, 2.45) is 11.7 Å². The monoisotopic (exact) mass is 403 g/mol. The van der Waals surface area contributed by atoms with Gasteiger partial charge in [0, 0.05) is 24.2 Å². The van der Waals surface area contributed by atoms with E-state index >= 15 is 0 Å². The number of hydrogen-bond acceptors (Lipinski definition) is 6. The highest BCUT2D eigenvalue weighted by molar-refractivity contribution is 7.13. The number of amides is 2. The molecule has 2 amide bonds. The molecule has 0 atom stereocenters. The summed E-state index contributed by atoms with van der Waals surface area (Å²) in [6.45, 7) is 5.55. The summed E-state index contributed by atoms with van der Waals surface area (Å²) in [7, 11) is 3.91. The molecular weight excluding hydrogens is 374 g/mol. The van der Waals surface area contributed by atoms with E-state index in [0.29, 0.717) is 6.54 Å². The summed E-state index contributed by atoms with van der Waals surface area (Å²) >= 11 is 1.20. The first-order valence-corrected chi connectivity index (χ1v) is 10.5. The van der Waals surface area contributed by atoms with Crippen LogP contribution in [0.3, 0.4) is 0 Å². The number of nitrogens with two attached hydrogens (primary N) is 1. The highest BCUT2D eigenvalue weighted by Crippen LogP contribution is 2.27. The number of primary amides is 1. The third-order valence-electron chi connectivity index (χ3n) is 5.50. The standard InChI is InChI=1S/C13H16N4O2S.C7H13N/c1-16(2)5-6-17(8-18)9-3-4-10-11(7-9)20-15-12(10)13(14)19;1-4-8-5-2-7(1)3-6-8/h3-4,7-8H,5-6H2,1-2H3,(H2,14,19);7H,1-6H2. The van der Waals surface area contributed by atoms with E-state index in [0.717, 1.165) is 34.6 Å². The Morgan fingerprint density at radius 2 is 1.93 bits per heavy atom. The molecular formula is C20H29N5O2S. The predicted octanol–water partition coefficient (Wildman–Crippen LogP) is 2.02. The molecule has 3 aliphatic rings. The van der Waals surface area contributed by atoms with Gasteiger partial charge in [-0.2, -0.15) is 4.37 Å². The van der Waals surface area contributed by atoms with E-state index in [9.17, 15) is 9.59 Å². The largest absolute Gasteiger partial charge is 0.364 e. The van der Waals surface area contributed by atoms with Gasteiger partial charge in [-0.05, 0) is 88.6 Å². The Morgan fingerprint density at radius 1 is 1.25 bits per heavy atom. The molecule has 1 aromatic carbocycles. The molecule has 0 unspecified atom stereocenters. The van der Waals surface area contributed by atoms with Crippen molar-refractivity contribution in [3.05, 3.63) is 23.9 Å². The SMILES string of the molecule is C1CN2CCC1CC2.CN(C)CCN(C=O)c1ccc2c(C(N)=O)nsc2c1. The van der Waals surface area contributed by atoms with Crippen LogP contribution in [0.15, 0.2) is 18.2 Å². The van der Waals surface area contributed by atoms with Crippen LogP contribution in [0.25, 0.3) is 10.1 Å². The molecule has 0 spiro atoms. The molecule has 0 saturated carbocycles. The molecule has 3 saturated heterocycles. The average molecular weight is 404 g/mol. The molecule has 2 N–H and O–H groups in total. The molecule has 28 heavy (non-hydrogen) atoms. The predicted molar refractivity (Wildman–Crippen MR) is 114 cm³/mol. The molecule has 8 heteroatoms. The summed E-state index contributed by atoms with van der Waals surface area (Å²) < 4.78 is 4.89. The molecule has 3 aliphatic heterocycles. The summed E-state index contributed by atoms with van der Waals surface area (Å²) in [6, 6.07) is 5.43. The molecule has 1 aromatic heterocycles. The van der Waals surface area contributed by atoms with Gasteiger partial charge in [-0.25, -0.2) is 0 Å². The maximum absolute atomic E-state index is 11.2. The van der Waals surface area contributed by atoms with Gasteiger partial charge < -0.3 is 20.4 Å². The fraction of sp³-hybridized carbons (Fsp3) is 0.550. The second-order valence-corrected chi connectivity index (χ2v) is 8.56. The lowest BCUT2D eigenvalue weighted by molar-refractivity contribution is -0.107. The van der Waals surface area contributed by atoms with Crippen molar-refractivity contribution in [3.8, 4) is 0 Å². The lowest BCUT2D eigenvalue weighted by atomic mass is 9.89. The number of likely N-dealkylation sites (N-methyl/N-ethyl adjacent to an activating group) is 1. The Hall–Kier alpha value is -2.03. The zero-order chi connectivity index (χ0) is 20.1. The Kier molecular flexibility index (Phi) is 6.98. The first kappa shape index (κ1) is 20.7. The molecule has 3 fully saturated rings. The molecule has 0 aliphatic carbocycles. The zero-order valence-corrected chi connectivity index (χ0v) is 17.5. The number of rotatable bonds is 6. The summed E-state index contributed by atoms with van der Waals surface area (Å²) in [5.41, 5.74) is 6.33. The molecule has 0 radical (unpaired) electrons. The van der Waals surface area contributed by atoms with Crippen LogP contribution in [0.1, 0.15) is 29.8 Å². The number of fused-ring (bicyclic) bond motifs is 4. The third kappa shape index (κ3) is 5.06. The van der Waals surface area contributed by atoms with Crippen LogP contribution in [0.4, 0.5) is 5.69 Å². The number of benzene rings is 1. The minimum Gasteiger partial charge on any atom is -0.364 e. The van der Waals surface area contributed by atoms with Gasteiger partial charge in [-0.15, -0.1) is 0 Å².